The van der Waals surface area contributed by atoms with E-state index >= 15 is 0 Å². The molecule has 2 N–H and O–H groups in total. The second-order valence-corrected chi connectivity index (χ2v) is 4.66. The molecule has 0 radical (unpaired) electrons. The van der Waals surface area contributed by atoms with Gasteiger partial charge in [-0.15, -0.1) is 0 Å². The van der Waals surface area contributed by atoms with E-state index in [-0.39, 0.29) is 11.9 Å². The number of nitrogens with zero attached hydrogens (tertiary/aromatic N) is 2. The normalized spacial score (nSPS) is 22.1. The van der Waals surface area contributed by atoms with E-state index in [9.17, 15) is 4.79 Å². The Hall–Kier alpha value is -1.36. The number of nitrogens with one attached hydrogen (secondary N) is 2. The molecule has 17 heavy (non-hydrogen) atoms. The first kappa shape index (κ1) is 12.1. The molecule has 94 valence electrons. The third-order valence-electron chi connectivity index (χ3n) is 3.36. The van der Waals surface area contributed by atoms with Crippen LogP contribution in [0.2, 0.25) is 0 Å². The Labute approximate surface area is 102 Å². The Morgan fingerprint density at radius 2 is 2.47 bits per heavy atom. The predicted molar refractivity (Wildman–Crippen MR) is 65.8 cm³/mol. The Morgan fingerprint density at radius 1 is 1.65 bits per heavy atom. The lowest BCUT2D eigenvalue weighted by Crippen LogP contribution is -2.50. The Kier molecular flexibility index (Phi) is 3.78. The average Bonchev–Trinajstić information content (AvgIpc) is 2.76. The van der Waals surface area contributed by atoms with Crippen molar-refractivity contribution in [1.29, 1.82) is 0 Å². The van der Waals surface area contributed by atoms with Crippen LogP contribution in [0.3, 0.4) is 0 Å². The van der Waals surface area contributed by atoms with Gasteiger partial charge in [0.1, 0.15) is 5.69 Å². The lowest BCUT2D eigenvalue weighted by atomic mass is 9.99. The summed E-state index contributed by atoms with van der Waals surface area (Å²) in [7, 11) is 1.78. The van der Waals surface area contributed by atoms with Gasteiger partial charge in [-0.25, -0.2) is 0 Å². The monoisotopic (exact) mass is 236 g/mol. The van der Waals surface area contributed by atoms with E-state index in [1.165, 1.54) is 12.8 Å². The first-order chi connectivity index (χ1) is 8.18. The number of hydrogen-bond donors (Lipinski definition) is 2. The smallest absolute Gasteiger partial charge is 0.269 e. The summed E-state index contributed by atoms with van der Waals surface area (Å²) in [6.45, 7) is 3.11. The van der Waals surface area contributed by atoms with Gasteiger partial charge >= 0.3 is 0 Å². The summed E-state index contributed by atoms with van der Waals surface area (Å²) in [5.41, 5.74) is 0.604. The third-order valence-corrected chi connectivity index (χ3v) is 3.36. The number of amides is 1. The number of piperidine rings is 1. The zero-order chi connectivity index (χ0) is 12.3. The first-order valence-electron chi connectivity index (χ1n) is 6.20. The van der Waals surface area contributed by atoms with Crippen LogP contribution < -0.4 is 10.6 Å². The van der Waals surface area contributed by atoms with E-state index in [1.54, 1.807) is 24.0 Å². The molecule has 0 bridgehead atoms. The van der Waals surface area contributed by atoms with Gasteiger partial charge in [0, 0.05) is 25.3 Å². The van der Waals surface area contributed by atoms with Crippen LogP contribution in [0.15, 0.2) is 12.3 Å². The van der Waals surface area contributed by atoms with Gasteiger partial charge < -0.3 is 10.6 Å². The minimum Gasteiger partial charge on any atom is -0.347 e. The van der Waals surface area contributed by atoms with E-state index in [1.807, 2.05) is 0 Å². The SMILES string of the molecule is CC(NC(=O)c1ccnn1C)C1CCCCN1. The van der Waals surface area contributed by atoms with Crippen LogP contribution in [0.4, 0.5) is 0 Å². The Morgan fingerprint density at radius 3 is 3.06 bits per heavy atom. The number of aromatic nitrogens is 2. The zero-order valence-electron chi connectivity index (χ0n) is 10.4. The largest absolute Gasteiger partial charge is 0.347 e. The van der Waals surface area contributed by atoms with Gasteiger partial charge in [0.05, 0.1) is 0 Å². The number of carbonyl (C=O) groups is 1. The van der Waals surface area contributed by atoms with Crippen LogP contribution in [0.1, 0.15) is 36.7 Å². The number of aryl methyl sites for hydroxylation is 1. The first-order valence-corrected chi connectivity index (χ1v) is 6.20. The van der Waals surface area contributed by atoms with Gasteiger partial charge in [-0.1, -0.05) is 6.42 Å². The summed E-state index contributed by atoms with van der Waals surface area (Å²) >= 11 is 0. The number of hydrogen-bond acceptors (Lipinski definition) is 3. The average molecular weight is 236 g/mol. The molecule has 0 spiro atoms. The van der Waals surface area contributed by atoms with Crippen molar-refractivity contribution in [2.75, 3.05) is 6.54 Å². The van der Waals surface area contributed by atoms with Crippen molar-refractivity contribution < 1.29 is 4.79 Å². The Bertz CT molecular complexity index is 382. The topological polar surface area (TPSA) is 59.0 Å². The summed E-state index contributed by atoms with van der Waals surface area (Å²) in [5.74, 6) is -0.0510. The number of rotatable bonds is 3. The summed E-state index contributed by atoms with van der Waals surface area (Å²) in [4.78, 5) is 12.0. The maximum absolute atomic E-state index is 12.0. The summed E-state index contributed by atoms with van der Waals surface area (Å²) in [6, 6.07) is 2.27. The van der Waals surface area contributed by atoms with Crippen LogP contribution in [0.5, 0.6) is 0 Å². The second-order valence-electron chi connectivity index (χ2n) is 4.66. The van der Waals surface area contributed by atoms with Gasteiger partial charge in [-0.3, -0.25) is 9.48 Å². The van der Waals surface area contributed by atoms with Crippen molar-refractivity contribution in [3.8, 4) is 0 Å². The number of carbonyl (C=O) groups excluding carboxylic acids is 1. The molecule has 0 aliphatic carbocycles. The molecule has 0 aromatic carbocycles. The molecule has 1 fully saturated rings. The molecule has 1 amide bonds. The molecule has 2 atom stereocenters. The predicted octanol–water partition coefficient (Wildman–Crippen LogP) is 0.680. The zero-order valence-corrected chi connectivity index (χ0v) is 10.4. The fourth-order valence-electron chi connectivity index (χ4n) is 2.28. The third kappa shape index (κ3) is 2.85. The molecule has 1 saturated heterocycles. The van der Waals surface area contributed by atoms with Gasteiger partial charge in [-0.2, -0.15) is 5.10 Å². The van der Waals surface area contributed by atoms with Crippen molar-refractivity contribution in [1.82, 2.24) is 20.4 Å². The van der Waals surface area contributed by atoms with Crippen LogP contribution in [0, 0.1) is 0 Å². The standard InChI is InChI=1S/C12H20N4O/c1-9(10-5-3-4-7-13-10)15-12(17)11-6-8-14-16(11)2/h6,8-10,13H,3-5,7H2,1-2H3,(H,15,17). The molecule has 2 heterocycles. The highest BCUT2D eigenvalue weighted by molar-refractivity contribution is 5.92. The quantitative estimate of drug-likeness (QED) is 0.811. The maximum atomic E-state index is 12.0. The summed E-state index contributed by atoms with van der Waals surface area (Å²) in [6.07, 6.45) is 5.24. The van der Waals surface area contributed by atoms with Crippen molar-refractivity contribution in [2.45, 2.75) is 38.3 Å². The Balaban J connectivity index is 1.92. The van der Waals surface area contributed by atoms with Crippen LogP contribution >= 0.6 is 0 Å². The van der Waals surface area contributed by atoms with E-state index in [0.717, 1.165) is 13.0 Å². The molecule has 2 rings (SSSR count). The fraction of sp³-hybridized carbons (Fsp3) is 0.667. The molecular formula is C12H20N4O. The van der Waals surface area contributed by atoms with Crippen LogP contribution in [0.25, 0.3) is 0 Å². The highest BCUT2D eigenvalue weighted by Gasteiger charge is 2.22. The molecule has 1 aromatic rings. The molecular weight excluding hydrogens is 216 g/mol. The van der Waals surface area contributed by atoms with E-state index in [0.29, 0.717) is 11.7 Å². The van der Waals surface area contributed by atoms with Gasteiger partial charge in [0.2, 0.25) is 0 Å². The lowest BCUT2D eigenvalue weighted by Gasteiger charge is -2.29. The van der Waals surface area contributed by atoms with Crippen LogP contribution in [-0.2, 0) is 7.05 Å². The van der Waals surface area contributed by atoms with Crippen molar-refractivity contribution >= 4 is 5.91 Å². The minimum absolute atomic E-state index is 0.0510. The highest BCUT2D eigenvalue weighted by Crippen LogP contribution is 2.10. The van der Waals surface area contributed by atoms with Gasteiger partial charge in [0.15, 0.2) is 0 Å². The summed E-state index contributed by atoms with van der Waals surface area (Å²) in [5, 5.41) is 10.5. The molecule has 2 unspecified atom stereocenters. The van der Waals surface area contributed by atoms with Crippen LogP contribution in [-0.4, -0.2) is 34.3 Å². The molecule has 5 nitrogen and oxygen atoms in total. The molecule has 1 aliphatic rings. The highest BCUT2D eigenvalue weighted by atomic mass is 16.2. The van der Waals surface area contributed by atoms with Gasteiger partial charge in [0.25, 0.3) is 5.91 Å². The van der Waals surface area contributed by atoms with E-state index in [2.05, 4.69) is 22.7 Å². The summed E-state index contributed by atoms with van der Waals surface area (Å²) < 4.78 is 1.59. The lowest BCUT2D eigenvalue weighted by molar-refractivity contribution is 0.0918. The van der Waals surface area contributed by atoms with Crippen molar-refractivity contribution in [2.24, 2.45) is 7.05 Å². The maximum Gasteiger partial charge on any atom is 0.269 e. The molecule has 5 heteroatoms. The fourth-order valence-corrected chi connectivity index (χ4v) is 2.28. The van der Waals surface area contributed by atoms with Gasteiger partial charge in [-0.05, 0) is 32.4 Å². The van der Waals surface area contributed by atoms with Crippen molar-refractivity contribution in [3.63, 3.8) is 0 Å². The molecule has 0 saturated carbocycles. The van der Waals surface area contributed by atoms with Crippen molar-refractivity contribution in [3.05, 3.63) is 18.0 Å². The molecule has 1 aromatic heterocycles. The second kappa shape index (κ2) is 5.31. The molecule has 1 aliphatic heterocycles. The van der Waals surface area contributed by atoms with E-state index < -0.39 is 0 Å². The minimum atomic E-state index is -0.0510. The van der Waals surface area contributed by atoms with E-state index in [4.69, 9.17) is 0 Å².